The maximum atomic E-state index is 13.2. The van der Waals surface area contributed by atoms with E-state index in [4.69, 9.17) is 21.7 Å². The number of carbonyl (C=O) groups is 2. The van der Waals surface area contributed by atoms with Crippen LogP contribution in [0.1, 0.15) is 61.5 Å². The minimum Gasteiger partial charge on any atom is -0.378 e. The third-order valence-electron chi connectivity index (χ3n) is 6.34. The van der Waals surface area contributed by atoms with Crippen LogP contribution in [-0.4, -0.2) is 46.4 Å². The first-order valence-electron chi connectivity index (χ1n) is 11.5. The average molecular weight is 530 g/mol. The molecule has 4 rings (SSSR count). The van der Waals surface area contributed by atoms with E-state index >= 15 is 0 Å². The van der Waals surface area contributed by atoms with Gasteiger partial charge in [0.1, 0.15) is 0 Å². The molecule has 190 valence electrons. The second-order valence-corrected chi connectivity index (χ2v) is 9.44. The fraction of sp³-hybridized carbons (Fsp3) is 0.385. The summed E-state index contributed by atoms with van der Waals surface area (Å²) < 4.78 is 5.60. The molecule has 36 heavy (non-hydrogen) atoms. The third-order valence-corrected chi connectivity index (χ3v) is 6.75. The lowest BCUT2D eigenvalue weighted by Gasteiger charge is -2.45. The van der Waals surface area contributed by atoms with Crippen molar-refractivity contribution in [2.45, 2.75) is 57.7 Å². The van der Waals surface area contributed by atoms with E-state index < -0.39 is 5.54 Å². The molecule has 0 bridgehead atoms. The molecule has 3 atom stereocenters. The van der Waals surface area contributed by atoms with Crippen LogP contribution in [0.15, 0.2) is 36.7 Å². The summed E-state index contributed by atoms with van der Waals surface area (Å²) in [6, 6.07) is 6.85. The van der Waals surface area contributed by atoms with Crippen molar-refractivity contribution in [1.29, 1.82) is 5.41 Å². The van der Waals surface area contributed by atoms with Gasteiger partial charge in [0.15, 0.2) is 5.96 Å². The van der Waals surface area contributed by atoms with E-state index in [1.165, 1.54) is 6.20 Å². The zero-order chi connectivity index (χ0) is 25.2. The highest BCUT2D eigenvalue weighted by Crippen LogP contribution is 2.38. The summed E-state index contributed by atoms with van der Waals surface area (Å²) in [6.45, 7) is 6.10. The summed E-state index contributed by atoms with van der Waals surface area (Å²) in [6.07, 6.45) is 4.60. The largest absolute Gasteiger partial charge is 0.378 e. The molecular weight excluding hydrogens is 501 g/mol. The standard InChI is InChI=1S/C26H28ClN5O3.ClH/c1-4-6-17-12-18(15-29-14-17)24(34)30-21-8-5-7-20(23(21)27)26(3)13-22(33)32(25(28)31-26)19-9-10-35-16(2)11-19;/h5,7-8,12,14-16,19H,9-11,13H2,1-3H3,(H2,28,31)(H,30,34);1H/t16-,19-,26+;/m1./s1. The first-order chi connectivity index (χ1) is 16.7. The number of anilines is 1. The minimum absolute atomic E-state index is 0. The van der Waals surface area contributed by atoms with Gasteiger partial charge in [-0.25, -0.2) is 0 Å². The highest BCUT2D eigenvalue weighted by Gasteiger charge is 2.43. The molecular formula is C26H29Cl2N5O3. The van der Waals surface area contributed by atoms with Gasteiger partial charge in [-0.05, 0) is 51.3 Å². The Morgan fingerprint density at radius 1 is 1.39 bits per heavy atom. The zero-order valence-electron chi connectivity index (χ0n) is 20.4. The Hall–Kier alpha value is -3.12. The molecule has 10 heteroatoms. The van der Waals surface area contributed by atoms with Crippen LogP contribution >= 0.6 is 24.0 Å². The van der Waals surface area contributed by atoms with Crippen LogP contribution in [0.4, 0.5) is 5.69 Å². The van der Waals surface area contributed by atoms with Gasteiger partial charge in [0.2, 0.25) is 5.91 Å². The van der Waals surface area contributed by atoms with Gasteiger partial charge in [0.05, 0.1) is 34.3 Å². The molecule has 0 spiro atoms. The Bertz CT molecular complexity index is 1220. The van der Waals surface area contributed by atoms with Gasteiger partial charge in [0, 0.05) is 30.6 Å². The lowest BCUT2D eigenvalue weighted by Crippen LogP contribution is -2.63. The number of carbonyl (C=O) groups excluding carboxylic acids is 2. The summed E-state index contributed by atoms with van der Waals surface area (Å²) in [7, 11) is 0. The van der Waals surface area contributed by atoms with Gasteiger partial charge in [-0.2, -0.15) is 0 Å². The Balaban J connectivity index is 0.00000361. The summed E-state index contributed by atoms with van der Waals surface area (Å²) >= 11 is 6.74. The number of aromatic nitrogens is 1. The highest BCUT2D eigenvalue weighted by atomic mass is 35.5. The number of ether oxygens (including phenoxy) is 1. The molecule has 8 nitrogen and oxygen atoms in total. The number of halogens is 2. The molecule has 3 heterocycles. The number of rotatable bonds is 4. The van der Waals surface area contributed by atoms with Gasteiger partial charge >= 0.3 is 0 Å². The van der Waals surface area contributed by atoms with E-state index in [-0.39, 0.29) is 48.7 Å². The third kappa shape index (κ3) is 5.65. The summed E-state index contributed by atoms with van der Waals surface area (Å²) in [5.74, 6) is 5.21. The number of guanidine groups is 1. The predicted molar refractivity (Wildman–Crippen MR) is 142 cm³/mol. The molecule has 2 aliphatic rings. The fourth-order valence-electron chi connectivity index (χ4n) is 4.66. The van der Waals surface area contributed by atoms with Gasteiger partial charge in [0.25, 0.3) is 5.91 Å². The number of nitrogens with zero attached hydrogens (tertiary/aromatic N) is 2. The number of hydrogen-bond acceptors (Lipinski definition) is 5. The van der Waals surface area contributed by atoms with E-state index in [0.29, 0.717) is 46.8 Å². The minimum atomic E-state index is -0.905. The van der Waals surface area contributed by atoms with Crippen molar-refractivity contribution < 1.29 is 14.3 Å². The van der Waals surface area contributed by atoms with Gasteiger partial charge < -0.3 is 15.4 Å². The summed E-state index contributed by atoms with van der Waals surface area (Å²) in [4.78, 5) is 31.7. The van der Waals surface area contributed by atoms with Crippen molar-refractivity contribution in [2.24, 2.45) is 0 Å². The lowest BCUT2D eigenvalue weighted by atomic mass is 9.85. The van der Waals surface area contributed by atoms with Crippen LogP contribution in [0.5, 0.6) is 0 Å². The van der Waals surface area contributed by atoms with Crippen LogP contribution < -0.4 is 10.6 Å². The topological polar surface area (TPSA) is 107 Å². The van der Waals surface area contributed by atoms with Crippen molar-refractivity contribution in [3.05, 3.63) is 58.4 Å². The molecule has 2 fully saturated rings. The second kappa shape index (κ2) is 11.3. The Labute approximate surface area is 222 Å². The van der Waals surface area contributed by atoms with E-state index in [1.807, 2.05) is 13.8 Å². The van der Waals surface area contributed by atoms with Crippen molar-refractivity contribution in [1.82, 2.24) is 15.2 Å². The number of hydrogen-bond donors (Lipinski definition) is 3. The average Bonchev–Trinajstić information content (AvgIpc) is 2.80. The molecule has 0 unspecified atom stereocenters. The van der Waals surface area contributed by atoms with Gasteiger partial charge in [-0.3, -0.25) is 24.9 Å². The molecule has 0 saturated carbocycles. The number of benzene rings is 1. The first-order valence-corrected chi connectivity index (χ1v) is 11.9. The summed E-state index contributed by atoms with van der Waals surface area (Å²) in [5.41, 5.74) is 1.12. The number of pyridine rings is 1. The molecule has 1 aromatic heterocycles. The normalized spacial score (nSPS) is 23.6. The molecule has 2 aromatic rings. The summed E-state index contributed by atoms with van der Waals surface area (Å²) in [5, 5.41) is 14.9. The van der Waals surface area contributed by atoms with Crippen LogP contribution in [0, 0.1) is 17.3 Å². The van der Waals surface area contributed by atoms with E-state index in [0.717, 1.165) is 0 Å². The van der Waals surface area contributed by atoms with Gasteiger partial charge in [-0.15, -0.1) is 18.3 Å². The molecule has 3 N–H and O–H groups in total. The van der Waals surface area contributed by atoms with Crippen LogP contribution in [0.3, 0.4) is 0 Å². The van der Waals surface area contributed by atoms with Crippen molar-refractivity contribution in [3.63, 3.8) is 0 Å². The Kier molecular flexibility index (Phi) is 8.62. The smallest absolute Gasteiger partial charge is 0.257 e. The lowest BCUT2D eigenvalue weighted by molar-refractivity contribution is -0.134. The first kappa shape index (κ1) is 27.5. The molecule has 2 saturated heterocycles. The monoisotopic (exact) mass is 529 g/mol. The fourth-order valence-corrected chi connectivity index (χ4v) is 5.04. The molecule has 0 radical (unpaired) electrons. The molecule has 2 aliphatic heterocycles. The highest BCUT2D eigenvalue weighted by molar-refractivity contribution is 6.35. The SMILES string of the molecule is CC#Cc1cncc(C(=O)Nc2cccc([C@]3(C)CC(=O)N([C@@H]4CCO[C@H](C)C4)C(=N)N3)c2Cl)c1.Cl. The maximum absolute atomic E-state index is 13.2. The molecule has 2 amide bonds. The van der Waals surface area contributed by atoms with Gasteiger partial charge in [-0.1, -0.05) is 29.7 Å². The number of nitrogens with one attached hydrogen (secondary N) is 3. The molecule has 0 aliphatic carbocycles. The quantitative estimate of drug-likeness (QED) is 0.511. The second-order valence-electron chi connectivity index (χ2n) is 9.06. The predicted octanol–water partition coefficient (Wildman–Crippen LogP) is 4.32. The van der Waals surface area contributed by atoms with Crippen LogP contribution in [0.2, 0.25) is 5.02 Å². The van der Waals surface area contributed by atoms with E-state index in [9.17, 15) is 9.59 Å². The van der Waals surface area contributed by atoms with Crippen molar-refractivity contribution in [3.8, 4) is 11.8 Å². The molecule has 1 aromatic carbocycles. The van der Waals surface area contributed by atoms with E-state index in [1.54, 1.807) is 42.3 Å². The van der Waals surface area contributed by atoms with E-state index in [2.05, 4.69) is 27.5 Å². The Morgan fingerprint density at radius 3 is 2.86 bits per heavy atom. The van der Waals surface area contributed by atoms with Crippen LogP contribution in [-0.2, 0) is 15.1 Å². The maximum Gasteiger partial charge on any atom is 0.257 e. The number of amides is 2. The van der Waals surface area contributed by atoms with Crippen molar-refractivity contribution in [2.75, 3.05) is 11.9 Å². The Morgan fingerprint density at radius 2 is 2.17 bits per heavy atom. The zero-order valence-corrected chi connectivity index (χ0v) is 21.9. The van der Waals surface area contributed by atoms with Crippen LogP contribution in [0.25, 0.3) is 0 Å². The van der Waals surface area contributed by atoms with Crippen molar-refractivity contribution >= 4 is 47.5 Å².